The Hall–Kier alpha value is -2.06. The van der Waals surface area contributed by atoms with Gasteiger partial charge in [-0.15, -0.1) is 12.4 Å². The lowest BCUT2D eigenvalue weighted by Gasteiger charge is -2.31. The van der Waals surface area contributed by atoms with E-state index in [1.807, 2.05) is 0 Å². The molecule has 1 atom stereocenters. The third-order valence-corrected chi connectivity index (χ3v) is 4.61. The van der Waals surface area contributed by atoms with E-state index >= 15 is 0 Å². The summed E-state index contributed by atoms with van der Waals surface area (Å²) in [5, 5.41) is 3.52. The molecule has 29 heavy (non-hydrogen) atoms. The zero-order valence-electron chi connectivity index (χ0n) is 16.6. The molecule has 1 aromatic carbocycles. The first-order chi connectivity index (χ1) is 13.5. The Kier molecular flexibility index (Phi) is 10.2. The van der Waals surface area contributed by atoms with Gasteiger partial charge in [0.15, 0.2) is 0 Å². The van der Waals surface area contributed by atoms with Crippen LogP contribution in [-0.2, 0) is 23.8 Å². The number of carbonyl (C=O) groups is 2. The van der Waals surface area contributed by atoms with E-state index in [9.17, 15) is 9.59 Å². The summed E-state index contributed by atoms with van der Waals surface area (Å²) < 4.78 is 15.8. The van der Waals surface area contributed by atoms with Crippen molar-refractivity contribution in [1.29, 1.82) is 0 Å². The van der Waals surface area contributed by atoms with Crippen molar-refractivity contribution in [2.45, 2.75) is 19.8 Å². The zero-order chi connectivity index (χ0) is 20.7. The molecule has 0 saturated carbocycles. The Labute approximate surface area is 181 Å². The van der Waals surface area contributed by atoms with Crippen LogP contribution in [0.4, 0.5) is 0 Å². The number of ether oxygens (including phenoxy) is 3. The molecule has 0 amide bonds. The summed E-state index contributed by atoms with van der Waals surface area (Å²) in [6.07, 6.45) is 0. The molecule has 160 valence electrons. The number of dihydropyridines is 1. The molecule has 0 unspecified atom stereocenters. The van der Waals surface area contributed by atoms with E-state index in [2.05, 4.69) is 5.32 Å². The summed E-state index contributed by atoms with van der Waals surface area (Å²) in [4.78, 5) is 25.5. The maximum Gasteiger partial charge on any atom is 0.336 e. The molecule has 0 fully saturated rings. The van der Waals surface area contributed by atoms with Crippen LogP contribution < -0.4 is 11.1 Å². The van der Waals surface area contributed by atoms with Crippen molar-refractivity contribution < 1.29 is 23.8 Å². The van der Waals surface area contributed by atoms with Gasteiger partial charge in [0.2, 0.25) is 0 Å². The van der Waals surface area contributed by atoms with Crippen molar-refractivity contribution in [2.75, 3.05) is 33.5 Å². The van der Waals surface area contributed by atoms with Gasteiger partial charge in [0, 0.05) is 17.3 Å². The van der Waals surface area contributed by atoms with Gasteiger partial charge in [-0.25, -0.2) is 9.59 Å². The van der Waals surface area contributed by atoms with Crippen LogP contribution in [0.1, 0.15) is 25.3 Å². The number of hydrogen-bond acceptors (Lipinski definition) is 7. The van der Waals surface area contributed by atoms with Crippen LogP contribution in [0.5, 0.6) is 0 Å². The largest absolute Gasteiger partial charge is 0.466 e. The molecule has 7 nitrogen and oxygen atoms in total. The lowest BCUT2D eigenvalue weighted by atomic mass is 9.80. The normalized spacial score (nSPS) is 16.1. The number of carbonyl (C=O) groups excluding carboxylic acids is 2. The highest BCUT2D eigenvalue weighted by atomic mass is 35.5. The van der Waals surface area contributed by atoms with Crippen molar-refractivity contribution in [3.8, 4) is 0 Å². The zero-order valence-corrected chi connectivity index (χ0v) is 18.2. The number of nitrogens with two attached hydrogens (primary N) is 1. The molecular weight excluding hydrogens is 419 g/mol. The van der Waals surface area contributed by atoms with Gasteiger partial charge in [0.05, 0.1) is 49.7 Å². The highest BCUT2D eigenvalue weighted by Crippen LogP contribution is 2.41. The Balaban J connectivity index is 0.00000420. The second-order valence-electron chi connectivity index (χ2n) is 6.06. The Bertz CT molecular complexity index is 808. The smallest absolute Gasteiger partial charge is 0.336 e. The second-order valence-corrected chi connectivity index (χ2v) is 6.47. The molecule has 2 rings (SSSR count). The number of nitrogens with one attached hydrogen (secondary N) is 1. The Morgan fingerprint density at radius 3 is 2.48 bits per heavy atom. The summed E-state index contributed by atoms with van der Waals surface area (Å²) in [7, 11) is 1.29. The third-order valence-electron chi connectivity index (χ3n) is 4.27. The molecule has 1 aromatic rings. The molecule has 1 aliphatic heterocycles. The van der Waals surface area contributed by atoms with Crippen molar-refractivity contribution >= 4 is 35.9 Å². The molecule has 1 aliphatic rings. The fourth-order valence-corrected chi connectivity index (χ4v) is 3.36. The van der Waals surface area contributed by atoms with E-state index in [1.54, 1.807) is 38.1 Å². The van der Waals surface area contributed by atoms with Gasteiger partial charge in [-0.1, -0.05) is 29.8 Å². The number of benzene rings is 1. The maximum atomic E-state index is 12.9. The van der Waals surface area contributed by atoms with Crippen molar-refractivity contribution in [3.05, 3.63) is 57.4 Å². The standard InChI is InChI=1S/C20H25ClN2O5.ClH/c1-4-28-20(25)18-15(11-27-10-9-22)23-12(2)16(19(24)26-3)17(18)13-7-5-6-8-14(13)21;/h5-8,17,23H,4,9-11,22H2,1-3H3;1H/t17-;/m0./s1. The van der Waals surface area contributed by atoms with E-state index < -0.39 is 17.9 Å². The predicted octanol–water partition coefficient (Wildman–Crippen LogP) is 2.69. The van der Waals surface area contributed by atoms with Crippen molar-refractivity contribution in [2.24, 2.45) is 5.73 Å². The average Bonchev–Trinajstić information content (AvgIpc) is 2.67. The van der Waals surface area contributed by atoms with E-state index in [4.69, 9.17) is 31.5 Å². The molecular formula is C20H26Cl2N2O5. The lowest BCUT2D eigenvalue weighted by molar-refractivity contribution is -0.139. The summed E-state index contributed by atoms with van der Waals surface area (Å²) in [6.45, 7) is 4.42. The highest BCUT2D eigenvalue weighted by molar-refractivity contribution is 6.31. The van der Waals surface area contributed by atoms with E-state index in [1.165, 1.54) is 7.11 Å². The molecule has 0 saturated heterocycles. The number of halogens is 2. The van der Waals surface area contributed by atoms with Gasteiger partial charge >= 0.3 is 11.9 Å². The molecule has 9 heteroatoms. The van der Waals surface area contributed by atoms with Crippen LogP contribution in [0, 0.1) is 0 Å². The number of esters is 2. The number of hydrogen-bond donors (Lipinski definition) is 2. The second kappa shape index (κ2) is 11.8. The number of allylic oxidation sites excluding steroid dienone is 1. The molecule has 0 bridgehead atoms. The van der Waals surface area contributed by atoms with Crippen LogP contribution >= 0.6 is 24.0 Å². The van der Waals surface area contributed by atoms with Gasteiger partial charge in [0.1, 0.15) is 0 Å². The van der Waals surface area contributed by atoms with Crippen LogP contribution in [0.25, 0.3) is 0 Å². The van der Waals surface area contributed by atoms with E-state index in [0.29, 0.717) is 40.7 Å². The van der Waals surface area contributed by atoms with Crippen molar-refractivity contribution in [3.63, 3.8) is 0 Å². The molecule has 0 aliphatic carbocycles. The molecule has 0 radical (unpaired) electrons. The number of rotatable bonds is 8. The first kappa shape index (κ1) is 25.0. The van der Waals surface area contributed by atoms with Crippen LogP contribution in [0.15, 0.2) is 46.8 Å². The van der Waals surface area contributed by atoms with Gasteiger partial charge in [0.25, 0.3) is 0 Å². The minimum absolute atomic E-state index is 0. The van der Waals surface area contributed by atoms with E-state index in [-0.39, 0.29) is 31.2 Å². The summed E-state index contributed by atoms with van der Waals surface area (Å²) in [6, 6.07) is 7.05. The monoisotopic (exact) mass is 444 g/mol. The Morgan fingerprint density at radius 2 is 1.90 bits per heavy atom. The van der Waals surface area contributed by atoms with Crippen LogP contribution in [-0.4, -0.2) is 45.4 Å². The van der Waals surface area contributed by atoms with Crippen LogP contribution in [0.2, 0.25) is 5.02 Å². The highest BCUT2D eigenvalue weighted by Gasteiger charge is 2.39. The summed E-state index contributed by atoms with van der Waals surface area (Å²) >= 11 is 6.42. The summed E-state index contributed by atoms with van der Waals surface area (Å²) in [5.41, 5.74) is 7.70. The van der Waals surface area contributed by atoms with Gasteiger partial charge in [-0.2, -0.15) is 0 Å². The minimum atomic E-state index is -0.752. The Morgan fingerprint density at radius 1 is 1.21 bits per heavy atom. The maximum absolute atomic E-state index is 12.9. The molecule has 1 heterocycles. The molecule has 3 N–H and O–H groups in total. The molecule has 0 spiro atoms. The minimum Gasteiger partial charge on any atom is -0.466 e. The SMILES string of the molecule is CCOC(=O)C1=C(COCCN)NC(C)=C(C(=O)OC)[C@@H]1c1ccccc1Cl.Cl. The van der Waals surface area contributed by atoms with Crippen molar-refractivity contribution in [1.82, 2.24) is 5.32 Å². The third kappa shape index (κ3) is 5.73. The number of methoxy groups -OCH3 is 1. The van der Waals surface area contributed by atoms with Gasteiger partial charge < -0.3 is 25.3 Å². The predicted molar refractivity (Wildman–Crippen MR) is 113 cm³/mol. The van der Waals surface area contributed by atoms with E-state index in [0.717, 1.165) is 0 Å². The fourth-order valence-electron chi connectivity index (χ4n) is 3.12. The topological polar surface area (TPSA) is 99.9 Å². The lowest BCUT2D eigenvalue weighted by Crippen LogP contribution is -2.35. The van der Waals surface area contributed by atoms with Gasteiger partial charge in [-0.05, 0) is 25.5 Å². The first-order valence-electron chi connectivity index (χ1n) is 8.94. The molecule has 0 aromatic heterocycles. The first-order valence-corrected chi connectivity index (χ1v) is 9.32. The summed E-state index contributed by atoms with van der Waals surface area (Å²) in [5.74, 6) is -1.86. The fraction of sp³-hybridized carbons (Fsp3) is 0.400. The van der Waals surface area contributed by atoms with Crippen LogP contribution in [0.3, 0.4) is 0 Å². The quantitative estimate of drug-likeness (QED) is 0.469. The average molecular weight is 445 g/mol. The van der Waals surface area contributed by atoms with Gasteiger partial charge in [-0.3, -0.25) is 0 Å².